The van der Waals surface area contributed by atoms with Gasteiger partial charge in [0.1, 0.15) is 0 Å². The Bertz CT molecular complexity index is 517. The van der Waals surface area contributed by atoms with Crippen molar-refractivity contribution < 1.29 is 9.59 Å². The molecule has 5 nitrogen and oxygen atoms in total. The highest BCUT2D eigenvalue weighted by Gasteiger charge is 2.23. The third-order valence-corrected chi connectivity index (χ3v) is 5.31. The van der Waals surface area contributed by atoms with Crippen molar-refractivity contribution in [3.8, 4) is 0 Å². The van der Waals surface area contributed by atoms with Crippen molar-refractivity contribution in [2.75, 3.05) is 39.3 Å². The zero-order chi connectivity index (χ0) is 14.7. The zero-order valence-corrected chi connectivity index (χ0v) is 13.0. The molecule has 0 bridgehead atoms. The fourth-order valence-electron chi connectivity index (χ4n) is 3.01. The zero-order valence-electron chi connectivity index (χ0n) is 12.2. The van der Waals surface area contributed by atoms with Crippen molar-refractivity contribution in [2.45, 2.75) is 19.4 Å². The fourth-order valence-corrected chi connectivity index (χ4v) is 3.90. The normalized spacial score (nSPS) is 20.0. The van der Waals surface area contributed by atoms with Crippen molar-refractivity contribution in [3.05, 3.63) is 21.9 Å². The Morgan fingerprint density at radius 3 is 3.00 bits per heavy atom. The van der Waals surface area contributed by atoms with Crippen LogP contribution in [0.3, 0.4) is 0 Å². The van der Waals surface area contributed by atoms with E-state index in [1.54, 1.807) is 16.2 Å². The highest BCUT2D eigenvalue weighted by atomic mass is 32.1. The first kappa shape index (κ1) is 14.5. The summed E-state index contributed by atoms with van der Waals surface area (Å²) in [4.78, 5) is 30.6. The molecular formula is C15H21N3O2S. The van der Waals surface area contributed by atoms with Crippen molar-refractivity contribution >= 4 is 23.7 Å². The summed E-state index contributed by atoms with van der Waals surface area (Å²) in [6.07, 6.45) is 2.84. The Morgan fingerprint density at radius 1 is 1.24 bits per heavy atom. The van der Waals surface area contributed by atoms with Crippen LogP contribution in [0.15, 0.2) is 11.4 Å². The first-order valence-electron chi connectivity index (χ1n) is 7.51. The van der Waals surface area contributed by atoms with Gasteiger partial charge in [0.15, 0.2) is 0 Å². The number of carbonyl (C=O) groups excluding carboxylic acids is 2. The van der Waals surface area contributed by atoms with Gasteiger partial charge in [0.25, 0.3) is 0 Å². The second-order valence-corrected chi connectivity index (χ2v) is 6.71. The second-order valence-electron chi connectivity index (χ2n) is 5.71. The Morgan fingerprint density at radius 2 is 2.14 bits per heavy atom. The van der Waals surface area contributed by atoms with Crippen molar-refractivity contribution in [1.82, 2.24) is 14.7 Å². The average molecular weight is 307 g/mol. The molecule has 114 valence electrons. The molecule has 0 radical (unpaired) electrons. The van der Waals surface area contributed by atoms with Crippen molar-refractivity contribution in [1.29, 1.82) is 0 Å². The summed E-state index contributed by atoms with van der Waals surface area (Å²) < 4.78 is 0. The van der Waals surface area contributed by atoms with E-state index in [1.807, 2.05) is 4.90 Å². The molecule has 1 aromatic heterocycles. The van der Waals surface area contributed by atoms with Crippen LogP contribution >= 0.6 is 11.3 Å². The minimum atomic E-state index is 0.214. The first-order valence-corrected chi connectivity index (χ1v) is 8.39. The van der Waals surface area contributed by atoms with Crippen LogP contribution in [0.25, 0.3) is 0 Å². The molecule has 1 aromatic rings. The topological polar surface area (TPSA) is 43.9 Å². The van der Waals surface area contributed by atoms with E-state index >= 15 is 0 Å². The second kappa shape index (κ2) is 6.58. The summed E-state index contributed by atoms with van der Waals surface area (Å²) in [5, 5.41) is 2.11. The molecule has 21 heavy (non-hydrogen) atoms. The molecule has 2 aliphatic rings. The Labute approximate surface area is 129 Å². The van der Waals surface area contributed by atoms with Gasteiger partial charge < -0.3 is 9.80 Å². The molecule has 6 heteroatoms. The Hall–Kier alpha value is -1.40. The quantitative estimate of drug-likeness (QED) is 0.776. The lowest BCUT2D eigenvalue weighted by Crippen LogP contribution is -2.43. The molecule has 0 spiro atoms. The largest absolute Gasteiger partial charge is 0.344 e. The van der Waals surface area contributed by atoms with E-state index in [1.165, 1.54) is 10.4 Å². The van der Waals surface area contributed by atoms with E-state index in [2.05, 4.69) is 16.3 Å². The SMILES string of the molecule is O=CN1CCCN(CC(=O)N2CCc3sccc3C2)CC1. The third kappa shape index (κ3) is 3.44. The van der Waals surface area contributed by atoms with Gasteiger partial charge in [-0.1, -0.05) is 0 Å². The summed E-state index contributed by atoms with van der Waals surface area (Å²) in [7, 11) is 0. The monoisotopic (exact) mass is 307 g/mol. The number of hydrogen-bond acceptors (Lipinski definition) is 4. The Kier molecular flexibility index (Phi) is 4.55. The molecule has 2 amide bonds. The van der Waals surface area contributed by atoms with E-state index in [0.717, 1.165) is 58.5 Å². The van der Waals surface area contributed by atoms with Crippen molar-refractivity contribution in [3.63, 3.8) is 0 Å². The number of hydrogen-bond donors (Lipinski definition) is 0. The summed E-state index contributed by atoms with van der Waals surface area (Å²) in [6, 6.07) is 2.13. The van der Waals surface area contributed by atoms with Gasteiger partial charge in [-0.25, -0.2) is 0 Å². The lowest BCUT2D eigenvalue weighted by atomic mass is 10.1. The molecule has 2 aliphatic heterocycles. The average Bonchev–Trinajstić information content (AvgIpc) is 2.86. The highest BCUT2D eigenvalue weighted by Crippen LogP contribution is 2.24. The number of fused-ring (bicyclic) bond motifs is 1. The number of nitrogens with zero attached hydrogens (tertiary/aromatic N) is 3. The van der Waals surface area contributed by atoms with Gasteiger partial charge in [-0.05, 0) is 29.9 Å². The molecule has 0 aromatic carbocycles. The van der Waals surface area contributed by atoms with Gasteiger partial charge >= 0.3 is 0 Å². The maximum Gasteiger partial charge on any atom is 0.237 e. The smallest absolute Gasteiger partial charge is 0.237 e. The van der Waals surface area contributed by atoms with Crippen LogP contribution < -0.4 is 0 Å². The predicted octanol–water partition coefficient (Wildman–Crippen LogP) is 0.797. The highest BCUT2D eigenvalue weighted by molar-refractivity contribution is 7.10. The standard InChI is InChI=1S/C15H21N3O2S/c19-12-17-5-1-4-16(7-8-17)11-15(20)18-6-2-14-13(10-18)3-9-21-14/h3,9,12H,1-2,4-8,10-11H2. The minimum absolute atomic E-state index is 0.214. The molecule has 0 aliphatic carbocycles. The van der Waals surface area contributed by atoms with Gasteiger partial charge in [0.05, 0.1) is 6.54 Å². The summed E-state index contributed by atoms with van der Waals surface area (Å²) in [6.45, 7) is 5.29. The van der Waals surface area contributed by atoms with Crippen molar-refractivity contribution in [2.24, 2.45) is 0 Å². The number of thiophene rings is 1. The third-order valence-electron chi connectivity index (χ3n) is 4.29. The van der Waals surface area contributed by atoms with E-state index in [-0.39, 0.29) is 5.91 Å². The summed E-state index contributed by atoms with van der Waals surface area (Å²) >= 11 is 1.79. The van der Waals surface area contributed by atoms with E-state index in [0.29, 0.717) is 6.54 Å². The lowest BCUT2D eigenvalue weighted by Gasteiger charge is -2.29. The lowest BCUT2D eigenvalue weighted by molar-refractivity contribution is -0.133. The predicted molar refractivity (Wildman–Crippen MR) is 82.1 cm³/mol. The summed E-state index contributed by atoms with van der Waals surface area (Å²) in [5.74, 6) is 0.214. The van der Waals surface area contributed by atoms with Gasteiger partial charge in [-0.2, -0.15) is 0 Å². The number of rotatable bonds is 3. The van der Waals surface area contributed by atoms with Crippen LogP contribution in [0.1, 0.15) is 16.9 Å². The van der Waals surface area contributed by atoms with Crippen LogP contribution in [-0.2, 0) is 22.6 Å². The van der Waals surface area contributed by atoms with Crippen LogP contribution in [-0.4, -0.2) is 66.3 Å². The van der Waals surface area contributed by atoms with E-state index in [4.69, 9.17) is 0 Å². The molecule has 0 atom stereocenters. The molecule has 1 saturated heterocycles. The van der Waals surface area contributed by atoms with Gasteiger partial charge in [-0.15, -0.1) is 11.3 Å². The molecule has 0 saturated carbocycles. The molecule has 0 N–H and O–H groups in total. The fraction of sp³-hybridized carbons (Fsp3) is 0.600. The maximum absolute atomic E-state index is 12.5. The Balaban J connectivity index is 1.53. The number of amides is 2. The minimum Gasteiger partial charge on any atom is -0.344 e. The molecule has 0 unspecified atom stereocenters. The summed E-state index contributed by atoms with van der Waals surface area (Å²) in [5.41, 5.74) is 1.31. The number of carbonyl (C=O) groups is 2. The van der Waals surface area contributed by atoms with E-state index < -0.39 is 0 Å². The van der Waals surface area contributed by atoms with Crippen LogP contribution in [0.4, 0.5) is 0 Å². The van der Waals surface area contributed by atoms with Crippen LogP contribution in [0, 0.1) is 0 Å². The molecule has 3 heterocycles. The molecule has 3 rings (SSSR count). The molecule has 1 fully saturated rings. The molecular weight excluding hydrogens is 286 g/mol. The van der Waals surface area contributed by atoms with E-state index in [9.17, 15) is 9.59 Å². The first-order chi connectivity index (χ1) is 10.3. The van der Waals surface area contributed by atoms with Gasteiger partial charge in [0, 0.05) is 44.1 Å². The van der Waals surface area contributed by atoms with Crippen LogP contribution in [0.5, 0.6) is 0 Å². The maximum atomic E-state index is 12.5. The van der Waals surface area contributed by atoms with Gasteiger partial charge in [-0.3, -0.25) is 14.5 Å². The van der Waals surface area contributed by atoms with Gasteiger partial charge in [0.2, 0.25) is 12.3 Å². The van der Waals surface area contributed by atoms with Crippen LogP contribution in [0.2, 0.25) is 0 Å².